The molecule has 1 aromatic carbocycles. The Hall–Kier alpha value is -1.95. The smallest absolute Gasteiger partial charge is 0.385 e. The van der Waals surface area contributed by atoms with E-state index in [1.165, 1.54) is 0 Å². The monoisotopic (exact) mass is 217 g/mol. The normalized spacial score (nSPS) is 10.2. The molecule has 0 spiro atoms. The Morgan fingerprint density at radius 3 is 2.31 bits per heavy atom. The van der Waals surface area contributed by atoms with E-state index in [0.717, 1.165) is 5.56 Å². The topological polar surface area (TPSA) is 52.3 Å². The maximum atomic E-state index is 11.3. The van der Waals surface area contributed by atoms with E-state index in [9.17, 15) is 4.79 Å². The largest absolute Gasteiger partial charge is 0.450 e. The zero-order valence-electron chi connectivity index (χ0n) is 9.70. The molecule has 2 N–H and O–H groups in total. The van der Waals surface area contributed by atoms with Gasteiger partial charge in [-0.1, -0.05) is 5.92 Å². The van der Waals surface area contributed by atoms with Crippen molar-refractivity contribution in [2.24, 2.45) is 0 Å². The van der Waals surface area contributed by atoms with Gasteiger partial charge in [0.1, 0.15) is 5.60 Å². The number of anilines is 1. The van der Waals surface area contributed by atoms with Crippen LogP contribution in [-0.4, -0.2) is 11.6 Å². The van der Waals surface area contributed by atoms with Gasteiger partial charge in [-0.15, -0.1) is 0 Å². The molecule has 0 aromatic heterocycles. The highest BCUT2D eigenvalue weighted by atomic mass is 16.6. The second kappa shape index (κ2) is 4.71. The Morgan fingerprint density at radius 1 is 1.25 bits per heavy atom. The van der Waals surface area contributed by atoms with E-state index in [1.54, 1.807) is 45.0 Å². The number of nitrogen functional groups attached to an aromatic ring is 1. The highest BCUT2D eigenvalue weighted by Gasteiger charge is 2.13. The van der Waals surface area contributed by atoms with Gasteiger partial charge in [0.15, 0.2) is 0 Å². The Bertz CT molecular complexity index is 430. The summed E-state index contributed by atoms with van der Waals surface area (Å²) in [5, 5.41) is 0. The molecule has 0 aliphatic carbocycles. The third kappa shape index (κ3) is 4.52. The lowest BCUT2D eigenvalue weighted by Gasteiger charge is -2.16. The summed E-state index contributed by atoms with van der Waals surface area (Å²) < 4.78 is 5.05. The lowest BCUT2D eigenvalue weighted by Crippen LogP contribution is -2.22. The Balaban J connectivity index is 2.68. The van der Waals surface area contributed by atoms with E-state index in [2.05, 4.69) is 11.8 Å². The quantitative estimate of drug-likeness (QED) is 0.410. The van der Waals surface area contributed by atoms with Crippen molar-refractivity contribution in [1.82, 2.24) is 0 Å². The minimum Gasteiger partial charge on any atom is -0.450 e. The van der Waals surface area contributed by atoms with Gasteiger partial charge in [0, 0.05) is 17.2 Å². The minimum absolute atomic E-state index is 0.507. The van der Waals surface area contributed by atoms with E-state index < -0.39 is 11.6 Å². The predicted octanol–water partition coefficient (Wildman–Crippen LogP) is 1.96. The molecule has 1 rings (SSSR count). The second-order valence-corrected chi connectivity index (χ2v) is 4.37. The van der Waals surface area contributed by atoms with Crippen LogP contribution in [0.5, 0.6) is 0 Å². The molecule has 0 amide bonds. The molecule has 0 aliphatic heterocycles. The number of carbonyl (C=O) groups is 1. The number of carbonyl (C=O) groups excluding carboxylic acids is 1. The number of esters is 1. The van der Waals surface area contributed by atoms with Crippen LogP contribution in [0.3, 0.4) is 0 Å². The number of ether oxygens (including phenoxy) is 1. The Kier molecular flexibility index (Phi) is 3.57. The van der Waals surface area contributed by atoms with Crippen LogP contribution in [0.15, 0.2) is 24.3 Å². The van der Waals surface area contributed by atoms with Crippen molar-refractivity contribution in [3.63, 3.8) is 0 Å². The Labute approximate surface area is 95.6 Å². The lowest BCUT2D eigenvalue weighted by molar-refractivity contribution is -0.147. The first-order chi connectivity index (χ1) is 7.37. The first-order valence-corrected chi connectivity index (χ1v) is 4.97. The maximum Gasteiger partial charge on any atom is 0.385 e. The average Bonchev–Trinajstić information content (AvgIpc) is 2.14. The molecular formula is C13H15NO2. The molecule has 0 bridgehead atoms. The van der Waals surface area contributed by atoms with Crippen molar-refractivity contribution in [2.45, 2.75) is 26.4 Å². The molecule has 16 heavy (non-hydrogen) atoms. The fourth-order valence-corrected chi connectivity index (χ4v) is 0.993. The van der Waals surface area contributed by atoms with Gasteiger partial charge in [0.05, 0.1) is 0 Å². The van der Waals surface area contributed by atoms with Gasteiger partial charge in [0.2, 0.25) is 0 Å². The summed E-state index contributed by atoms with van der Waals surface area (Å²) in [4.78, 5) is 11.3. The summed E-state index contributed by atoms with van der Waals surface area (Å²) in [5.41, 5.74) is 6.42. The van der Waals surface area contributed by atoms with Crippen LogP contribution in [0.2, 0.25) is 0 Å². The van der Waals surface area contributed by atoms with E-state index in [1.807, 2.05) is 0 Å². The van der Waals surface area contributed by atoms with Crippen LogP contribution in [0.25, 0.3) is 0 Å². The van der Waals surface area contributed by atoms with Crippen LogP contribution >= 0.6 is 0 Å². The molecule has 0 fully saturated rings. The third-order valence-electron chi connectivity index (χ3n) is 1.62. The number of hydrogen-bond donors (Lipinski definition) is 1. The molecule has 0 radical (unpaired) electrons. The van der Waals surface area contributed by atoms with Gasteiger partial charge in [0.25, 0.3) is 0 Å². The predicted molar refractivity (Wildman–Crippen MR) is 63.6 cm³/mol. The molecule has 0 saturated carbocycles. The molecular weight excluding hydrogens is 202 g/mol. The zero-order chi connectivity index (χ0) is 12.2. The van der Waals surface area contributed by atoms with Gasteiger partial charge < -0.3 is 10.5 Å². The molecule has 0 saturated heterocycles. The lowest BCUT2D eigenvalue weighted by atomic mass is 10.2. The van der Waals surface area contributed by atoms with E-state index in [-0.39, 0.29) is 0 Å². The fraction of sp³-hybridized carbons (Fsp3) is 0.308. The summed E-state index contributed by atoms with van der Waals surface area (Å²) in [7, 11) is 0. The first kappa shape index (κ1) is 12.1. The molecule has 0 aliphatic rings. The van der Waals surface area contributed by atoms with Crippen LogP contribution in [0.4, 0.5) is 5.69 Å². The molecule has 0 atom stereocenters. The standard InChI is InChI=1S/C13H15NO2/c1-13(2,3)16-12(15)9-6-10-4-7-11(14)8-5-10/h4-5,7-8H,14H2,1-3H3. The summed E-state index contributed by atoms with van der Waals surface area (Å²) in [6.45, 7) is 5.40. The van der Waals surface area contributed by atoms with E-state index in [4.69, 9.17) is 10.5 Å². The van der Waals surface area contributed by atoms with E-state index >= 15 is 0 Å². The van der Waals surface area contributed by atoms with Crippen molar-refractivity contribution in [3.8, 4) is 11.8 Å². The van der Waals surface area contributed by atoms with Crippen molar-refractivity contribution in [1.29, 1.82) is 0 Å². The molecule has 0 unspecified atom stereocenters. The van der Waals surface area contributed by atoms with Crippen molar-refractivity contribution < 1.29 is 9.53 Å². The van der Waals surface area contributed by atoms with Gasteiger partial charge in [-0.25, -0.2) is 4.79 Å². The van der Waals surface area contributed by atoms with Crippen molar-refractivity contribution in [3.05, 3.63) is 29.8 Å². The number of benzene rings is 1. The molecule has 84 valence electrons. The molecule has 3 nitrogen and oxygen atoms in total. The number of nitrogens with two attached hydrogens (primary N) is 1. The van der Waals surface area contributed by atoms with Gasteiger partial charge in [-0.2, -0.15) is 0 Å². The van der Waals surface area contributed by atoms with Crippen LogP contribution in [0.1, 0.15) is 26.3 Å². The van der Waals surface area contributed by atoms with E-state index in [0.29, 0.717) is 5.69 Å². The summed E-state index contributed by atoms with van der Waals surface area (Å²) >= 11 is 0. The average molecular weight is 217 g/mol. The highest BCUT2D eigenvalue weighted by molar-refractivity contribution is 5.89. The minimum atomic E-state index is -0.524. The van der Waals surface area contributed by atoms with Gasteiger partial charge in [-0.3, -0.25) is 0 Å². The first-order valence-electron chi connectivity index (χ1n) is 4.97. The summed E-state index contributed by atoms with van der Waals surface area (Å²) in [6, 6.07) is 6.98. The van der Waals surface area contributed by atoms with Crippen LogP contribution in [-0.2, 0) is 9.53 Å². The SMILES string of the molecule is CC(C)(C)OC(=O)C#Cc1ccc(N)cc1. The third-order valence-corrected chi connectivity index (χ3v) is 1.62. The van der Waals surface area contributed by atoms with Gasteiger partial charge >= 0.3 is 5.97 Å². The van der Waals surface area contributed by atoms with Crippen molar-refractivity contribution in [2.75, 3.05) is 5.73 Å². The van der Waals surface area contributed by atoms with Crippen molar-refractivity contribution >= 4 is 11.7 Å². The number of hydrogen-bond acceptors (Lipinski definition) is 3. The zero-order valence-corrected chi connectivity index (χ0v) is 9.70. The summed E-state index contributed by atoms with van der Waals surface area (Å²) in [5.74, 6) is 4.61. The maximum absolute atomic E-state index is 11.3. The molecule has 0 heterocycles. The highest BCUT2D eigenvalue weighted by Crippen LogP contribution is 2.07. The van der Waals surface area contributed by atoms with Crippen LogP contribution in [0, 0.1) is 11.8 Å². The molecule has 1 aromatic rings. The number of rotatable bonds is 0. The fourth-order valence-electron chi connectivity index (χ4n) is 0.993. The Morgan fingerprint density at radius 2 is 1.81 bits per heavy atom. The summed E-state index contributed by atoms with van der Waals surface area (Å²) in [6.07, 6.45) is 0. The second-order valence-electron chi connectivity index (χ2n) is 4.37. The van der Waals surface area contributed by atoms with Crippen LogP contribution < -0.4 is 5.73 Å². The molecule has 3 heteroatoms. The van der Waals surface area contributed by atoms with Gasteiger partial charge in [-0.05, 0) is 45.0 Å².